The van der Waals surface area contributed by atoms with Gasteiger partial charge in [0.25, 0.3) is 0 Å². The highest BCUT2D eigenvalue weighted by atomic mass is 19.1. The van der Waals surface area contributed by atoms with Crippen LogP contribution in [-0.2, 0) is 6.54 Å². The summed E-state index contributed by atoms with van der Waals surface area (Å²) in [5.74, 6) is 0.178. The van der Waals surface area contributed by atoms with Gasteiger partial charge in [0, 0.05) is 12.6 Å². The second-order valence-electron chi connectivity index (χ2n) is 5.05. The van der Waals surface area contributed by atoms with Crippen LogP contribution in [0.4, 0.5) is 4.39 Å². The Labute approximate surface area is 107 Å². The summed E-state index contributed by atoms with van der Waals surface area (Å²) < 4.78 is 18.9. The molecule has 1 fully saturated rings. The van der Waals surface area contributed by atoms with Crippen LogP contribution < -0.4 is 10.1 Å². The molecule has 0 bridgehead atoms. The number of ether oxygens (including phenoxy) is 1. The molecule has 0 aromatic heterocycles. The number of nitrogens with one attached hydrogen (secondary N) is 1. The summed E-state index contributed by atoms with van der Waals surface area (Å²) >= 11 is 0. The lowest BCUT2D eigenvalue weighted by Gasteiger charge is -2.22. The van der Waals surface area contributed by atoms with Crippen molar-refractivity contribution in [3.05, 3.63) is 29.6 Å². The third kappa shape index (κ3) is 3.43. The van der Waals surface area contributed by atoms with Gasteiger partial charge in [0.2, 0.25) is 0 Å². The zero-order chi connectivity index (χ0) is 13.0. The van der Waals surface area contributed by atoms with Crippen LogP contribution in [0.3, 0.4) is 0 Å². The monoisotopic (exact) mass is 253 g/mol. The van der Waals surface area contributed by atoms with E-state index < -0.39 is 5.60 Å². The summed E-state index contributed by atoms with van der Waals surface area (Å²) in [6, 6.07) is 4.64. The molecule has 1 aliphatic carbocycles. The molecule has 100 valence electrons. The topological polar surface area (TPSA) is 41.5 Å². The Morgan fingerprint density at radius 2 is 2.06 bits per heavy atom. The minimum Gasteiger partial charge on any atom is -0.490 e. The van der Waals surface area contributed by atoms with E-state index in [1.165, 1.54) is 12.1 Å². The van der Waals surface area contributed by atoms with Gasteiger partial charge < -0.3 is 15.2 Å². The van der Waals surface area contributed by atoms with E-state index in [0.29, 0.717) is 12.3 Å². The van der Waals surface area contributed by atoms with Crippen molar-refractivity contribution < 1.29 is 14.2 Å². The Kier molecular flexibility index (Phi) is 4.19. The molecular formula is C14H20FNO2. The summed E-state index contributed by atoms with van der Waals surface area (Å²) in [6.07, 6.45) is 3.61. The number of aliphatic hydroxyl groups is 1. The fourth-order valence-corrected chi connectivity index (χ4v) is 2.41. The summed E-state index contributed by atoms with van der Waals surface area (Å²) in [7, 11) is 1.81. The number of hydrogen-bond donors (Lipinski definition) is 2. The molecule has 0 atom stereocenters. The number of hydrogen-bond acceptors (Lipinski definition) is 3. The fourth-order valence-electron chi connectivity index (χ4n) is 2.41. The van der Waals surface area contributed by atoms with Gasteiger partial charge in [-0.1, -0.05) is 12.8 Å². The number of rotatable bonds is 5. The molecule has 1 aromatic rings. The summed E-state index contributed by atoms with van der Waals surface area (Å²) in [6.45, 7) is 0.841. The molecule has 0 aliphatic heterocycles. The predicted octanol–water partition coefficient (Wildman–Crippen LogP) is 2.23. The van der Waals surface area contributed by atoms with Gasteiger partial charge in [-0.2, -0.15) is 0 Å². The van der Waals surface area contributed by atoms with E-state index in [9.17, 15) is 9.50 Å². The lowest BCUT2D eigenvalue weighted by Crippen LogP contribution is -2.32. The van der Waals surface area contributed by atoms with Crippen LogP contribution in [0.2, 0.25) is 0 Å². The third-order valence-electron chi connectivity index (χ3n) is 3.35. The van der Waals surface area contributed by atoms with Crippen molar-refractivity contribution in [2.75, 3.05) is 13.7 Å². The normalized spacial score (nSPS) is 17.9. The predicted molar refractivity (Wildman–Crippen MR) is 68.1 cm³/mol. The van der Waals surface area contributed by atoms with Crippen LogP contribution in [0.5, 0.6) is 5.75 Å². The minimum atomic E-state index is -0.727. The standard InChI is InChI=1S/C14H20FNO2/c1-16-9-11-6-12(15)8-13(7-11)18-10-14(17)4-2-3-5-14/h6-8,16-17H,2-5,9-10H2,1H3. The van der Waals surface area contributed by atoms with Gasteiger partial charge in [-0.15, -0.1) is 0 Å². The van der Waals surface area contributed by atoms with Crippen LogP contribution in [0, 0.1) is 5.82 Å². The second kappa shape index (κ2) is 5.67. The molecule has 0 heterocycles. The largest absolute Gasteiger partial charge is 0.490 e. The maximum Gasteiger partial charge on any atom is 0.127 e. The summed E-state index contributed by atoms with van der Waals surface area (Å²) in [4.78, 5) is 0. The first-order valence-electron chi connectivity index (χ1n) is 6.41. The van der Waals surface area contributed by atoms with Gasteiger partial charge in [0.15, 0.2) is 0 Å². The highest BCUT2D eigenvalue weighted by molar-refractivity contribution is 5.29. The highest BCUT2D eigenvalue weighted by Gasteiger charge is 2.31. The number of halogens is 1. The smallest absolute Gasteiger partial charge is 0.127 e. The average molecular weight is 253 g/mol. The van der Waals surface area contributed by atoms with Gasteiger partial charge in [-0.25, -0.2) is 4.39 Å². The van der Waals surface area contributed by atoms with Crippen molar-refractivity contribution in [3.63, 3.8) is 0 Å². The second-order valence-corrected chi connectivity index (χ2v) is 5.05. The van der Waals surface area contributed by atoms with Crippen molar-refractivity contribution in [3.8, 4) is 5.75 Å². The molecule has 0 radical (unpaired) electrons. The maximum atomic E-state index is 13.4. The molecule has 1 aliphatic rings. The Bertz CT molecular complexity index is 403. The SMILES string of the molecule is CNCc1cc(F)cc(OCC2(O)CCCC2)c1. The van der Waals surface area contributed by atoms with E-state index in [0.717, 1.165) is 31.2 Å². The van der Waals surface area contributed by atoms with Gasteiger partial charge in [-0.3, -0.25) is 0 Å². The van der Waals surface area contributed by atoms with Crippen LogP contribution in [0.1, 0.15) is 31.2 Å². The maximum absolute atomic E-state index is 13.4. The zero-order valence-electron chi connectivity index (χ0n) is 10.7. The summed E-state index contributed by atoms with van der Waals surface area (Å²) in [5, 5.41) is 13.1. The molecular weight excluding hydrogens is 233 g/mol. The van der Waals surface area contributed by atoms with E-state index in [-0.39, 0.29) is 12.4 Å². The molecule has 1 aromatic carbocycles. The minimum absolute atomic E-state index is 0.245. The number of benzene rings is 1. The molecule has 4 heteroatoms. The Morgan fingerprint density at radius 3 is 2.72 bits per heavy atom. The van der Waals surface area contributed by atoms with Gasteiger partial charge in [-0.05, 0) is 37.6 Å². The third-order valence-corrected chi connectivity index (χ3v) is 3.35. The van der Waals surface area contributed by atoms with Crippen molar-refractivity contribution in [2.45, 2.75) is 37.8 Å². The molecule has 0 unspecified atom stereocenters. The average Bonchev–Trinajstić information content (AvgIpc) is 2.74. The molecule has 0 spiro atoms. The van der Waals surface area contributed by atoms with E-state index in [1.54, 1.807) is 6.07 Å². The molecule has 1 saturated carbocycles. The van der Waals surface area contributed by atoms with Crippen molar-refractivity contribution in [1.29, 1.82) is 0 Å². The first-order chi connectivity index (χ1) is 8.61. The molecule has 3 nitrogen and oxygen atoms in total. The molecule has 0 saturated heterocycles. The Morgan fingerprint density at radius 1 is 1.33 bits per heavy atom. The lowest BCUT2D eigenvalue weighted by molar-refractivity contribution is 0.00129. The van der Waals surface area contributed by atoms with E-state index in [4.69, 9.17) is 4.74 Å². The Hall–Kier alpha value is -1.13. The molecule has 2 rings (SSSR count). The van der Waals surface area contributed by atoms with Gasteiger partial charge in [0.05, 0.1) is 5.60 Å². The lowest BCUT2D eigenvalue weighted by atomic mass is 10.0. The first-order valence-corrected chi connectivity index (χ1v) is 6.41. The van der Waals surface area contributed by atoms with Crippen molar-refractivity contribution in [2.24, 2.45) is 0 Å². The summed E-state index contributed by atoms with van der Waals surface area (Å²) in [5.41, 5.74) is 0.112. The quantitative estimate of drug-likeness (QED) is 0.845. The van der Waals surface area contributed by atoms with E-state index in [2.05, 4.69) is 5.32 Å². The molecule has 2 N–H and O–H groups in total. The molecule has 18 heavy (non-hydrogen) atoms. The van der Waals surface area contributed by atoms with Gasteiger partial charge in [0.1, 0.15) is 18.2 Å². The highest BCUT2D eigenvalue weighted by Crippen LogP contribution is 2.30. The van der Waals surface area contributed by atoms with Crippen LogP contribution in [0.25, 0.3) is 0 Å². The van der Waals surface area contributed by atoms with E-state index in [1.807, 2.05) is 7.05 Å². The van der Waals surface area contributed by atoms with Crippen LogP contribution in [-0.4, -0.2) is 24.4 Å². The zero-order valence-corrected chi connectivity index (χ0v) is 10.7. The van der Waals surface area contributed by atoms with Crippen LogP contribution in [0.15, 0.2) is 18.2 Å². The first kappa shape index (κ1) is 13.3. The van der Waals surface area contributed by atoms with Gasteiger partial charge >= 0.3 is 0 Å². The Balaban J connectivity index is 2.00. The molecule has 0 amide bonds. The fraction of sp³-hybridized carbons (Fsp3) is 0.571. The van der Waals surface area contributed by atoms with Crippen LogP contribution >= 0.6 is 0 Å². The van der Waals surface area contributed by atoms with Crippen molar-refractivity contribution in [1.82, 2.24) is 5.32 Å². The van der Waals surface area contributed by atoms with E-state index >= 15 is 0 Å². The van der Waals surface area contributed by atoms with Crippen molar-refractivity contribution >= 4 is 0 Å².